The summed E-state index contributed by atoms with van der Waals surface area (Å²) in [6.07, 6.45) is 0. The van der Waals surface area contributed by atoms with E-state index in [1.165, 1.54) is 11.3 Å². The van der Waals surface area contributed by atoms with E-state index < -0.39 is 0 Å². The zero-order valence-corrected chi connectivity index (χ0v) is 17.2. The first-order chi connectivity index (χ1) is 13.5. The number of aromatic nitrogens is 3. The molecular formula is C21H19ClN4OS. The molecule has 0 radical (unpaired) electrons. The van der Waals surface area contributed by atoms with Gasteiger partial charge in [-0.3, -0.25) is 14.4 Å². The Morgan fingerprint density at radius 1 is 1.18 bits per heavy atom. The average molecular weight is 411 g/mol. The smallest absolute Gasteiger partial charge is 0.278 e. The monoisotopic (exact) mass is 410 g/mol. The maximum Gasteiger partial charge on any atom is 0.278 e. The quantitative estimate of drug-likeness (QED) is 0.447. The van der Waals surface area contributed by atoms with Crippen LogP contribution in [-0.4, -0.2) is 20.7 Å². The molecule has 0 saturated carbocycles. The Bertz CT molecular complexity index is 1140. The van der Waals surface area contributed by atoms with Crippen LogP contribution in [0.5, 0.6) is 0 Å². The van der Waals surface area contributed by atoms with E-state index in [0.717, 1.165) is 21.5 Å². The van der Waals surface area contributed by atoms with Gasteiger partial charge in [-0.2, -0.15) is 5.10 Å². The van der Waals surface area contributed by atoms with Crippen molar-refractivity contribution in [1.82, 2.24) is 14.8 Å². The topological polar surface area (TPSA) is 51.0 Å². The highest BCUT2D eigenvalue weighted by Gasteiger charge is 2.25. The van der Waals surface area contributed by atoms with Crippen molar-refractivity contribution in [2.75, 3.05) is 4.90 Å². The fourth-order valence-corrected chi connectivity index (χ4v) is 4.33. The van der Waals surface area contributed by atoms with E-state index in [2.05, 4.69) is 5.10 Å². The number of aryl methyl sites for hydroxylation is 2. The van der Waals surface area contributed by atoms with E-state index in [9.17, 15) is 4.79 Å². The number of carbonyl (C=O) groups is 1. The maximum atomic E-state index is 13.5. The van der Waals surface area contributed by atoms with Crippen molar-refractivity contribution in [3.8, 4) is 0 Å². The van der Waals surface area contributed by atoms with Crippen LogP contribution in [0.25, 0.3) is 10.2 Å². The molecule has 0 aliphatic carbocycles. The molecule has 28 heavy (non-hydrogen) atoms. The van der Waals surface area contributed by atoms with Gasteiger partial charge in [0.25, 0.3) is 5.91 Å². The standard InChI is InChI=1S/C21H19ClN4OS/c1-3-26-18(11-14(2)24-26)20(27)25(13-15-7-5-4-6-8-15)21-23-17-10-9-16(22)12-19(17)28-21/h4-12H,3,13H2,1-2H3. The first kappa shape index (κ1) is 18.7. The summed E-state index contributed by atoms with van der Waals surface area (Å²) in [5.41, 5.74) is 3.25. The van der Waals surface area contributed by atoms with E-state index in [1.807, 2.05) is 68.4 Å². The zero-order valence-electron chi connectivity index (χ0n) is 15.6. The van der Waals surface area contributed by atoms with Gasteiger partial charge in [-0.1, -0.05) is 53.3 Å². The fraction of sp³-hybridized carbons (Fsp3) is 0.190. The maximum absolute atomic E-state index is 13.5. The molecule has 0 unspecified atom stereocenters. The van der Waals surface area contributed by atoms with Gasteiger partial charge >= 0.3 is 0 Å². The Morgan fingerprint density at radius 2 is 1.96 bits per heavy atom. The average Bonchev–Trinajstić information content (AvgIpc) is 3.29. The van der Waals surface area contributed by atoms with Gasteiger partial charge in [0.05, 0.1) is 22.5 Å². The van der Waals surface area contributed by atoms with Crippen LogP contribution in [0.4, 0.5) is 5.13 Å². The van der Waals surface area contributed by atoms with Gasteiger partial charge in [-0.05, 0) is 43.7 Å². The highest BCUT2D eigenvalue weighted by molar-refractivity contribution is 7.22. The summed E-state index contributed by atoms with van der Waals surface area (Å²) in [5, 5.41) is 5.72. The minimum atomic E-state index is -0.114. The molecule has 0 bridgehead atoms. The molecule has 0 N–H and O–H groups in total. The van der Waals surface area contributed by atoms with Crippen LogP contribution >= 0.6 is 22.9 Å². The Kier molecular flexibility index (Phi) is 5.15. The van der Waals surface area contributed by atoms with Crippen LogP contribution in [-0.2, 0) is 13.1 Å². The number of hydrogen-bond acceptors (Lipinski definition) is 4. The highest BCUT2D eigenvalue weighted by Crippen LogP contribution is 2.32. The van der Waals surface area contributed by atoms with Crippen molar-refractivity contribution in [1.29, 1.82) is 0 Å². The zero-order chi connectivity index (χ0) is 19.7. The second kappa shape index (κ2) is 7.73. The number of thiazole rings is 1. The van der Waals surface area contributed by atoms with Crippen LogP contribution < -0.4 is 4.90 Å². The number of carbonyl (C=O) groups excluding carboxylic acids is 1. The molecule has 1 amide bonds. The highest BCUT2D eigenvalue weighted by atomic mass is 35.5. The number of amides is 1. The van der Waals surface area contributed by atoms with E-state index in [1.54, 1.807) is 9.58 Å². The van der Waals surface area contributed by atoms with Crippen LogP contribution in [0.3, 0.4) is 0 Å². The second-order valence-electron chi connectivity index (χ2n) is 6.47. The Morgan fingerprint density at radius 3 is 2.71 bits per heavy atom. The second-order valence-corrected chi connectivity index (χ2v) is 7.92. The largest absolute Gasteiger partial charge is 0.278 e. The lowest BCUT2D eigenvalue weighted by Gasteiger charge is -2.20. The van der Waals surface area contributed by atoms with Gasteiger partial charge in [0.2, 0.25) is 0 Å². The molecule has 2 heterocycles. The molecule has 5 nitrogen and oxygen atoms in total. The Labute approximate surface area is 172 Å². The van der Waals surface area contributed by atoms with Crippen molar-refractivity contribution in [2.45, 2.75) is 26.9 Å². The van der Waals surface area contributed by atoms with Gasteiger partial charge in [0, 0.05) is 11.6 Å². The molecule has 0 spiro atoms. The predicted octanol–water partition coefficient (Wildman–Crippen LogP) is 5.32. The van der Waals surface area contributed by atoms with E-state index in [0.29, 0.717) is 28.9 Å². The van der Waals surface area contributed by atoms with Gasteiger partial charge in [-0.15, -0.1) is 0 Å². The molecule has 0 saturated heterocycles. The third-order valence-electron chi connectivity index (χ3n) is 4.42. The minimum absolute atomic E-state index is 0.114. The first-order valence-electron chi connectivity index (χ1n) is 9.01. The molecule has 2 aromatic heterocycles. The van der Waals surface area contributed by atoms with Gasteiger partial charge in [0.15, 0.2) is 5.13 Å². The number of benzene rings is 2. The van der Waals surface area contributed by atoms with Crippen molar-refractivity contribution in [2.24, 2.45) is 0 Å². The summed E-state index contributed by atoms with van der Waals surface area (Å²) >= 11 is 7.59. The molecular weight excluding hydrogens is 392 g/mol. The molecule has 0 fully saturated rings. The van der Waals surface area contributed by atoms with E-state index in [-0.39, 0.29) is 5.91 Å². The minimum Gasteiger partial charge on any atom is -0.278 e. The molecule has 7 heteroatoms. The normalized spacial score (nSPS) is 11.1. The van der Waals surface area contributed by atoms with E-state index >= 15 is 0 Å². The molecule has 4 aromatic rings. The summed E-state index contributed by atoms with van der Waals surface area (Å²) in [4.78, 5) is 19.9. The summed E-state index contributed by atoms with van der Waals surface area (Å²) in [5.74, 6) is -0.114. The number of nitrogens with zero attached hydrogens (tertiary/aromatic N) is 4. The molecule has 2 aromatic carbocycles. The number of rotatable bonds is 5. The fourth-order valence-electron chi connectivity index (χ4n) is 3.09. The van der Waals surface area contributed by atoms with Crippen molar-refractivity contribution < 1.29 is 4.79 Å². The van der Waals surface area contributed by atoms with Crippen molar-refractivity contribution in [3.63, 3.8) is 0 Å². The van der Waals surface area contributed by atoms with Crippen molar-refractivity contribution in [3.05, 3.63) is 76.6 Å². The third-order valence-corrected chi connectivity index (χ3v) is 5.70. The Hall–Kier alpha value is -2.70. The number of fused-ring (bicyclic) bond motifs is 1. The SMILES string of the molecule is CCn1nc(C)cc1C(=O)N(Cc1ccccc1)c1nc2ccc(Cl)cc2s1. The lowest BCUT2D eigenvalue weighted by molar-refractivity contribution is 0.0975. The van der Waals surface area contributed by atoms with Gasteiger partial charge < -0.3 is 0 Å². The Balaban J connectivity index is 1.79. The molecule has 142 valence electrons. The summed E-state index contributed by atoms with van der Waals surface area (Å²) in [7, 11) is 0. The van der Waals surface area contributed by atoms with Crippen LogP contribution in [0.2, 0.25) is 5.02 Å². The molecule has 0 aliphatic heterocycles. The number of anilines is 1. The van der Waals surface area contributed by atoms with Crippen LogP contribution in [0.15, 0.2) is 54.6 Å². The number of hydrogen-bond donors (Lipinski definition) is 0. The lowest BCUT2D eigenvalue weighted by Crippen LogP contribution is -2.32. The van der Waals surface area contributed by atoms with Crippen LogP contribution in [0, 0.1) is 6.92 Å². The van der Waals surface area contributed by atoms with Gasteiger partial charge in [-0.25, -0.2) is 4.98 Å². The summed E-state index contributed by atoms with van der Waals surface area (Å²) in [6.45, 7) is 4.93. The van der Waals surface area contributed by atoms with Gasteiger partial charge in [0.1, 0.15) is 5.69 Å². The van der Waals surface area contributed by atoms with Crippen molar-refractivity contribution >= 4 is 44.2 Å². The first-order valence-corrected chi connectivity index (χ1v) is 10.2. The molecule has 0 aliphatic rings. The molecule has 0 atom stereocenters. The predicted molar refractivity (Wildman–Crippen MR) is 114 cm³/mol. The summed E-state index contributed by atoms with van der Waals surface area (Å²) in [6, 6.07) is 17.3. The number of halogens is 1. The van der Waals surface area contributed by atoms with Crippen LogP contribution in [0.1, 0.15) is 28.7 Å². The lowest BCUT2D eigenvalue weighted by atomic mass is 10.2. The van der Waals surface area contributed by atoms with E-state index in [4.69, 9.17) is 16.6 Å². The third kappa shape index (κ3) is 3.66. The molecule has 4 rings (SSSR count). The summed E-state index contributed by atoms with van der Waals surface area (Å²) < 4.78 is 2.69.